The Morgan fingerprint density at radius 1 is 1.16 bits per heavy atom. The molecule has 0 atom stereocenters. The largest absolute Gasteiger partial charge is 0.140 e. The molecule has 98 valence electrons. The molecule has 0 radical (unpaired) electrons. The fraction of sp³-hybridized carbons (Fsp3) is 0.333. The summed E-state index contributed by atoms with van der Waals surface area (Å²) in [4.78, 5) is 2.92. The molecule has 1 aliphatic carbocycles. The molecular formula is C18H20S. The fourth-order valence-corrected chi connectivity index (χ4v) is 4.04. The lowest BCUT2D eigenvalue weighted by Crippen LogP contribution is -1.89. The summed E-state index contributed by atoms with van der Waals surface area (Å²) in [6, 6.07) is 11.3. The van der Waals surface area contributed by atoms with Crippen LogP contribution in [-0.4, -0.2) is 0 Å². The van der Waals surface area contributed by atoms with Crippen molar-refractivity contribution < 1.29 is 0 Å². The molecule has 0 saturated heterocycles. The van der Waals surface area contributed by atoms with Gasteiger partial charge in [0.15, 0.2) is 0 Å². The molecule has 1 heteroatoms. The molecule has 1 aromatic carbocycles. The van der Waals surface area contributed by atoms with Gasteiger partial charge in [-0.3, -0.25) is 0 Å². The number of fused-ring (bicyclic) bond motifs is 1. The van der Waals surface area contributed by atoms with Crippen LogP contribution in [0.1, 0.15) is 36.8 Å². The highest BCUT2D eigenvalue weighted by Crippen LogP contribution is 2.37. The second kappa shape index (κ2) is 4.97. The Hall–Kier alpha value is -1.34. The van der Waals surface area contributed by atoms with Crippen LogP contribution in [-0.2, 0) is 12.8 Å². The van der Waals surface area contributed by atoms with Crippen LogP contribution in [0.25, 0.3) is 16.5 Å². The Balaban J connectivity index is 1.99. The first-order chi connectivity index (χ1) is 9.13. The summed E-state index contributed by atoms with van der Waals surface area (Å²) in [7, 11) is 0. The van der Waals surface area contributed by atoms with Crippen LogP contribution in [0.5, 0.6) is 0 Å². The number of benzene rings is 1. The normalized spacial score (nSPS) is 13.8. The number of rotatable bonds is 3. The maximum Gasteiger partial charge on any atom is 0.0351 e. The van der Waals surface area contributed by atoms with Crippen molar-refractivity contribution in [1.82, 2.24) is 0 Å². The van der Waals surface area contributed by atoms with Crippen LogP contribution >= 0.6 is 11.3 Å². The van der Waals surface area contributed by atoms with Crippen LogP contribution in [0.4, 0.5) is 0 Å². The van der Waals surface area contributed by atoms with Gasteiger partial charge in [-0.05, 0) is 54.5 Å². The van der Waals surface area contributed by atoms with Crippen LogP contribution < -0.4 is 0 Å². The molecular weight excluding hydrogens is 248 g/mol. The van der Waals surface area contributed by atoms with Crippen molar-refractivity contribution in [3.05, 3.63) is 51.9 Å². The van der Waals surface area contributed by atoms with E-state index < -0.39 is 0 Å². The monoisotopic (exact) mass is 268 g/mol. The van der Waals surface area contributed by atoms with E-state index in [0.29, 0.717) is 0 Å². The van der Waals surface area contributed by atoms with E-state index in [2.05, 4.69) is 57.2 Å². The second-order valence-corrected chi connectivity index (χ2v) is 7.08. The molecule has 2 aromatic rings. The highest BCUT2D eigenvalue weighted by molar-refractivity contribution is 7.15. The summed E-state index contributed by atoms with van der Waals surface area (Å²) >= 11 is 1.95. The van der Waals surface area contributed by atoms with E-state index in [9.17, 15) is 0 Å². The number of allylic oxidation sites excluding steroid dienone is 1. The van der Waals surface area contributed by atoms with E-state index in [4.69, 9.17) is 0 Å². The minimum Gasteiger partial charge on any atom is -0.140 e. The Kier molecular flexibility index (Phi) is 3.32. The smallest absolute Gasteiger partial charge is 0.0351 e. The van der Waals surface area contributed by atoms with Crippen molar-refractivity contribution in [2.45, 2.75) is 33.6 Å². The zero-order chi connectivity index (χ0) is 13.4. The summed E-state index contributed by atoms with van der Waals surface area (Å²) in [5.74, 6) is 0.732. The van der Waals surface area contributed by atoms with Crippen LogP contribution in [0, 0.1) is 5.92 Å². The summed E-state index contributed by atoms with van der Waals surface area (Å²) in [6.45, 7) is 6.79. The SMILES string of the molecule is CC1=Cc2c(cccc2-c2ccc(CC(C)C)s2)C1. The summed E-state index contributed by atoms with van der Waals surface area (Å²) in [6.07, 6.45) is 4.66. The second-order valence-electron chi connectivity index (χ2n) is 5.91. The van der Waals surface area contributed by atoms with Crippen LogP contribution in [0.15, 0.2) is 35.9 Å². The molecule has 19 heavy (non-hydrogen) atoms. The minimum absolute atomic E-state index is 0.732. The van der Waals surface area contributed by atoms with Crippen LogP contribution in [0.2, 0.25) is 0 Å². The van der Waals surface area contributed by atoms with Crippen molar-refractivity contribution in [3.63, 3.8) is 0 Å². The van der Waals surface area contributed by atoms with Gasteiger partial charge < -0.3 is 0 Å². The highest BCUT2D eigenvalue weighted by atomic mass is 32.1. The molecule has 1 aromatic heterocycles. The van der Waals surface area contributed by atoms with Gasteiger partial charge in [0.05, 0.1) is 0 Å². The van der Waals surface area contributed by atoms with Gasteiger partial charge in [-0.15, -0.1) is 11.3 Å². The number of thiophene rings is 1. The molecule has 3 rings (SSSR count). The lowest BCUT2D eigenvalue weighted by Gasteiger charge is -2.05. The van der Waals surface area contributed by atoms with Crippen molar-refractivity contribution >= 4 is 17.4 Å². The summed E-state index contributed by atoms with van der Waals surface area (Å²) < 4.78 is 0. The van der Waals surface area contributed by atoms with Crippen molar-refractivity contribution in [2.75, 3.05) is 0 Å². The first-order valence-electron chi connectivity index (χ1n) is 7.01. The van der Waals surface area contributed by atoms with Crippen molar-refractivity contribution in [2.24, 2.45) is 5.92 Å². The average molecular weight is 268 g/mol. The number of hydrogen-bond donors (Lipinski definition) is 0. The maximum absolute atomic E-state index is 2.35. The maximum atomic E-state index is 2.35. The van der Waals surface area contributed by atoms with Gasteiger partial charge in [0, 0.05) is 9.75 Å². The predicted octanol–water partition coefficient (Wildman–Crippen LogP) is 5.57. The average Bonchev–Trinajstić information content (AvgIpc) is 2.92. The molecule has 0 aliphatic heterocycles. The molecule has 0 amide bonds. The van der Waals surface area contributed by atoms with Gasteiger partial charge in [-0.1, -0.05) is 43.7 Å². The van der Waals surface area contributed by atoms with E-state index in [1.807, 2.05) is 11.3 Å². The molecule has 0 fully saturated rings. The summed E-state index contributed by atoms with van der Waals surface area (Å²) in [5, 5.41) is 0. The third-order valence-corrected chi connectivity index (χ3v) is 4.73. The third-order valence-electron chi connectivity index (χ3n) is 3.59. The molecule has 0 saturated carbocycles. The first kappa shape index (κ1) is 12.7. The lowest BCUT2D eigenvalue weighted by atomic mass is 10.0. The summed E-state index contributed by atoms with van der Waals surface area (Å²) in [5.41, 5.74) is 5.81. The molecule has 1 aliphatic rings. The number of hydrogen-bond acceptors (Lipinski definition) is 1. The highest BCUT2D eigenvalue weighted by Gasteiger charge is 2.15. The quantitative estimate of drug-likeness (QED) is 0.682. The zero-order valence-corrected chi connectivity index (χ0v) is 12.7. The van der Waals surface area contributed by atoms with Gasteiger partial charge in [-0.25, -0.2) is 0 Å². The predicted molar refractivity (Wildman–Crippen MR) is 85.7 cm³/mol. The Labute approximate surface area is 119 Å². The van der Waals surface area contributed by atoms with E-state index in [1.165, 1.54) is 38.4 Å². The van der Waals surface area contributed by atoms with Gasteiger partial charge in [0.25, 0.3) is 0 Å². The third kappa shape index (κ3) is 2.52. The Morgan fingerprint density at radius 2 is 2.00 bits per heavy atom. The van der Waals surface area contributed by atoms with Crippen molar-refractivity contribution in [3.8, 4) is 10.4 Å². The first-order valence-corrected chi connectivity index (χ1v) is 7.83. The Morgan fingerprint density at radius 3 is 2.79 bits per heavy atom. The molecule has 0 spiro atoms. The van der Waals surface area contributed by atoms with E-state index >= 15 is 0 Å². The van der Waals surface area contributed by atoms with E-state index in [1.54, 1.807) is 0 Å². The fourth-order valence-electron chi connectivity index (χ4n) is 2.79. The molecule has 0 N–H and O–H groups in total. The van der Waals surface area contributed by atoms with Gasteiger partial charge >= 0.3 is 0 Å². The zero-order valence-electron chi connectivity index (χ0n) is 11.9. The van der Waals surface area contributed by atoms with Crippen LogP contribution in [0.3, 0.4) is 0 Å². The lowest BCUT2D eigenvalue weighted by molar-refractivity contribution is 0.654. The van der Waals surface area contributed by atoms with Gasteiger partial charge in [0.1, 0.15) is 0 Å². The molecule has 0 unspecified atom stereocenters. The standard InChI is InChI=1S/C18H20S/c1-12(2)9-15-7-8-18(19-15)16-6-4-5-14-10-13(3)11-17(14)16/h4-8,11-12H,9-10H2,1-3H3. The molecule has 0 bridgehead atoms. The molecule has 1 heterocycles. The van der Waals surface area contributed by atoms with Crippen molar-refractivity contribution in [1.29, 1.82) is 0 Å². The van der Waals surface area contributed by atoms with Gasteiger partial charge in [0.2, 0.25) is 0 Å². The Bertz CT molecular complexity index is 629. The van der Waals surface area contributed by atoms with Gasteiger partial charge in [-0.2, -0.15) is 0 Å². The topological polar surface area (TPSA) is 0 Å². The molecule has 0 nitrogen and oxygen atoms in total. The van der Waals surface area contributed by atoms with E-state index in [-0.39, 0.29) is 0 Å². The minimum atomic E-state index is 0.732. The van der Waals surface area contributed by atoms with E-state index in [0.717, 1.165) is 12.3 Å².